The van der Waals surface area contributed by atoms with Gasteiger partial charge in [-0.25, -0.2) is 0 Å². The van der Waals surface area contributed by atoms with Crippen LogP contribution in [0.2, 0.25) is 0 Å². The standard InChI is InChI=1S/C23H23F6N5O2/c24-22(25,26)13-1-11(2-14(5-13)23(27,28)29)8-33-16-6-19(21(33)36)32(9-16)10-17(31)20(35)34-15(7-30)3-12-4-18(12)34/h1-2,5,12,15-19H,3-4,6,8-10,31H2. The van der Waals surface area contributed by atoms with Gasteiger partial charge in [-0.1, -0.05) is 0 Å². The molecule has 4 fully saturated rings. The first-order valence-corrected chi connectivity index (χ1v) is 11.6. The van der Waals surface area contributed by atoms with Crippen molar-refractivity contribution in [3.8, 4) is 6.07 Å². The number of hydrogen-bond donors (Lipinski definition) is 1. The minimum atomic E-state index is -4.97. The zero-order valence-electron chi connectivity index (χ0n) is 18.9. The van der Waals surface area contributed by atoms with Crippen LogP contribution >= 0.6 is 0 Å². The van der Waals surface area contributed by atoms with E-state index in [1.165, 1.54) is 4.90 Å². The van der Waals surface area contributed by atoms with Crippen molar-refractivity contribution >= 4 is 11.8 Å². The Morgan fingerprint density at radius 2 is 1.72 bits per heavy atom. The molecule has 1 aromatic carbocycles. The van der Waals surface area contributed by atoms with Gasteiger partial charge in [0.15, 0.2) is 0 Å². The van der Waals surface area contributed by atoms with Crippen molar-refractivity contribution in [2.45, 2.75) is 68.4 Å². The number of rotatable bonds is 5. The lowest BCUT2D eigenvalue weighted by molar-refractivity contribution is -0.143. The number of piperidine rings is 1. The van der Waals surface area contributed by atoms with Crippen LogP contribution in [0.5, 0.6) is 0 Å². The Balaban J connectivity index is 1.26. The number of nitriles is 1. The summed E-state index contributed by atoms with van der Waals surface area (Å²) in [6, 6.07) is 0.968. The van der Waals surface area contributed by atoms with Gasteiger partial charge in [0.05, 0.1) is 29.3 Å². The summed E-state index contributed by atoms with van der Waals surface area (Å²) in [5.74, 6) is -0.435. The third kappa shape index (κ3) is 4.30. The highest BCUT2D eigenvalue weighted by atomic mass is 19.4. The van der Waals surface area contributed by atoms with Gasteiger partial charge < -0.3 is 15.5 Å². The van der Waals surface area contributed by atoms with E-state index in [-0.39, 0.29) is 36.7 Å². The Morgan fingerprint density at radius 1 is 1.08 bits per heavy atom. The Hall–Kier alpha value is -2.85. The van der Waals surface area contributed by atoms with Gasteiger partial charge in [-0.05, 0) is 48.9 Å². The number of carbonyl (C=O) groups is 2. The van der Waals surface area contributed by atoms with E-state index in [0.717, 1.165) is 6.42 Å². The second-order valence-electron chi connectivity index (χ2n) is 10.0. The molecular formula is C23H23F6N5O2. The molecule has 3 heterocycles. The molecule has 1 saturated carbocycles. The molecule has 5 rings (SSSR count). The van der Waals surface area contributed by atoms with Crippen molar-refractivity contribution in [1.82, 2.24) is 14.7 Å². The summed E-state index contributed by atoms with van der Waals surface area (Å²) >= 11 is 0. The first-order chi connectivity index (χ1) is 16.8. The number of benzene rings is 1. The van der Waals surface area contributed by atoms with Gasteiger partial charge in [0, 0.05) is 31.7 Å². The lowest BCUT2D eigenvalue weighted by atomic mass is 10.0. The summed E-state index contributed by atoms with van der Waals surface area (Å²) in [4.78, 5) is 30.5. The van der Waals surface area contributed by atoms with Crippen molar-refractivity contribution in [3.63, 3.8) is 0 Å². The molecule has 1 aromatic rings. The normalized spacial score (nSPS) is 30.5. The summed E-state index contributed by atoms with van der Waals surface area (Å²) in [6.45, 7) is -0.00385. The van der Waals surface area contributed by atoms with Crippen molar-refractivity contribution in [3.05, 3.63) is 34.9 Å². The summed E-state index contributed by atoms with van der Waals surface area (Å²) in [7, 11) is 0. The highest BCUT2D eigenvalue weighted by Crippen LogP contribution is 2.48. The van der Waals surface area contributed by atoms with E-state index in [9.17, 15) is 41.2 Å². The summed E-state index contributed by atoms with van der Waals surface area (Å²) in [6.07, 6.45) is -8.11. The van der Waals surface area contributed by atoms with Crippen LogP contribution in [0.3, 0.4) is 0 Å². The number of piperazine rings is 1. The highest BCUT2D eigenvalue weighted by Gasteiger charge is 2.55. The number of carbonyl (C=O) groups excluding carboxylic acids is 2. The van der Waals surface area contributed by atoms with E-state index in [2.05, 4.69) is 6.07 Å². The average Bonchev–Trinajstić information content (AvgIpc) is 3.13. The highest BCUT2D eigenvalue weighted by molar-refractivity contribution is 5.87. The smallest absolute Gasteiger partial charge is 0.333 e. The van der Waals surface area contributed by atoms with Crippen LogP contribution in [0.25, 0.3) is 0 Å². The van der Waals surface area contributed by atoms with E-state index < -0.39 is 53.6 Å². The second-order valence-corrected chi connectivity index (χ2v) is 10.0. The van der Waals surface area contributed by atoms with E-state index >= 15 is 0 Å². The van der Waals surface area contributed by atoms with Gasteiger partial charge in [0.25, 0.3) is 0 Å². The predicted molar refractivity (Wildman–Crippen MR) is 111 cm³/mol. The van der Waals surface area contributed by atoms with E-state index in [4.69, 9.17) is 5.73 Å². The Morgan fingerprint density at radius 3 is 2.28 bits per heavy atom. The van der Waals surface area contributed by atoms with Gasteiger partial charge >= 0.3 is 12.4 Å². The number of halogens is 6. The molecule has 0 radical (unpaired) electrons. The molecule has 7 nitrogen and oxygen atoms in total. The van der Waals surface area contributed by atoms with Gasteiger partial charge in [-0.2, -0.15) is 31.6 Å². The van der Waals surface area contributed by atoms with Crippen molar-refractivity contribution in [2.75, 3.05) is 13.1 Å². The number of hydrogen-bond acceptors (Lipinski definition) is 5. The molecule has 1 aliphatic carbocycles. The lowest BCUT2D eigenvalue weighted by Crippen LogP contribution is -2.56. The maximum absolute atomic E-state index is 13.2. The van der Waals surface area contributed by atoms with E-state index in [1.807, 2.05) is 0 Å². The molecular weight excluding hydrogens is 492 g/mol. The number of likely N-dealkylation sites (tertiary alicyclic amines) is 3. The third-order valence-corrected chi connectivity index (χ3v) is 7.65. The summed E-state index contributed by atoms with van der Waals surface area (Å²) < 4.78 is 79.1. The molecule has 3 aliphatic heterocycles. The van der Waals surface area contributed by atoms with Gasteiger partial charge in [-0.3, -0.25) is 14.5 Å². The molecule has 0 spiro atoms. The van der Waals surface area contributed by atoms with Gasteiger partial charge in [0.2, 0.25) is 11.8 Å². The molecule has 3 saturated heterocycles. The fraction of sp³-hybridized carbons (Fsp3) is 0.609. The maximum atomic E-state index is 13.2. The van der Waals surface area contributed by atoms with Gasteiger partial charge in [0.1, 0.15) is 6.04 Å². The fourth-order valence-corrected chi connectivity index (χ4v) is 5.86. The molecule has 6 unspecified atom stereocenters. The van der Waals surface area contributed by atoms with Crippen molar-refractivity contribution in [1.29, 1.82) is 5.26 Å². The summed E-state index contributed by atoms with van der Waals surface area (Å²) in [5.41, 5.74) is 3.04. The number of alkyl halides is 6. The van der Waals surface area contributed by atoms with Crippen LogP contribution < -0.4 is 5.73 Å². The Labute approximate surface area is 202 Å². The number of nitrogens with two attached hydrogens (primary N) is 1. The summed E-state index contributed by atoms with van der Waals surface area (Å²) in [5, 5.41) is 9.31. The third-order valence-electron chi connectivity index (χ3n) is 7.65. The van der Waals surface area contributed by atoms with Crippen LogP contribution in [0.1, 0.15) is 36.0 Å². The predicted octanol–water partition coefficient (Wildman–Crippen LogP) is 2.35. The first kappa shape index (κ1) is 24.8. The molecule has 2 N–H and O–H groups in total. The average molecular weight is 515 g/mol. The van der Waals surface area contributed by atoms with Crippen LogP contribution in [0.4, 0.5) is 26.3 Å². The molecule has 36 heavy (non-hydrogen) atoms. The number of nitrogens with zero attached hydrogens (tertiary/aromatic N) is 4. The Kier molecular flexibility index (Phi) is 5.75. The molecule has 6 atom stereocenters. The van der Waals surface area contributed by atoms with E-state index in [1.54, 1.807) is 9.80 Å². The zero-order chi connectivity index (χ0) is 26.2. The quantitative estimate of drug-likeness (QED) is 0.608. The molecule has 4 aliphatic rings. The molecule has 2 amide bonds. The number of fused-ring (bicyclic) bond motifs is 3. The zero-order valence-corrected chi connectivity index (χ0v) is 18.9. The second kappa shape index (κ2) is 8.34. The van der Waals surface area contributed by atoms with Crippen molar-refractivity contribution in [2.24, 2.45) is 11.7 Å². The van der Waals surface area contributed by atoms with Crippen LogP contribution in [0.15, 0.2) is 18.2 Å². The van der Waals surface area contributed by atoms with Crippen LogP contribution in [-0.4, -0.2) is 69.8 Å². The molecule has 0 aromatic heterocycles. The van der Waals surface area contributed by atoms with Gasteiger partial charge in [-0.15, -0.1) is 0 Å². The topological polar surface area (TPSA) is 93.7 Å². The van der Waals surface area contributed by atoms with Crippen molar-refractivity contribution < 1.29 is 35.9 Å². The number of amides is 2. The molecule has 194 valence electrons. The fourth-order valence-electron chi connectivity index (χ4n) is 5.86. The lowest BCUT2D eigenvalue weighted by Gasteiger charge is -2.36. The first-order valence-electron chi connectivity index (χ1n) is 11.6. The molecule has 13 heteroatoms. The molecule has 2 bridgehead atoms. The largest absolute Gasteiger partial charge is 0.416 e. The minimum Gasteiger partial charge on any atom is -0.333 e. The minimum absolute atomic E-state index is 0.0365. The SMILES string of the molecule is N#CC1CC2CC2N1C(=O)C(N)CN1CC2CC1C(=O)N2Cc1cc(C(F)(F)F)cc(C(F)(F)F)c1. The van der Waals surface area contributed by atoms with Crippen LogP contribution in [-0.2, 0) is 28.5 Å². The Bertz CT molecular complexity index is 1100. The monoisotopic (exact) mass is 515 g/mol. The van der Waals surface area contributed by atoms with E-state index in [0.29, 0.717) is 37.4 Å². The van der Waals surface area contributed by atoms with Crippen LogP contribution in [0, 0.1) is 17.2 Å². The maximum Gasteiger partial charge on any atom is 0.416 e.